The first kappa shape index (κ1) is 13.0. The minimum absolute atomic E-state index is 0.812. The van der Waals surface area contributed by atoms with Crippen molar-refractivity contribution in [1.82, 2.24) is 9.78 Å². The van der Waals surface area contributed by atoms with Crippen LogP contribution in [-0.4, -0.2) is 24.0 Å². The average molecular weight is 333 g/mol. The molecule has 0 spiro atoms. The SMILES string of the molecule is COc1ccc(-n2nc3ccc(OC)cc3c2Br)cc1. The zero-order valence-electron chi connectivity index (χ0n) is 11.1. The molecule has 0 N–H and O–H groups in total. The Morgan fingerprint density at radius 3 is 2.25 bits per heavy atom. The Balaban J connectivity index is 2.13. The maximum atomic E-state index is 5.25. The largest absolute Gasteiger partial charge is 0.497 e. The number of fused-ring (bicyclic) bond motifs is 1. The van der Waals surface area contributed by atoms with Gasteiger partial charge < -0.3 is 9.47 Å². The van der Waals surface area contributed by atoms with E-state index < -0.39 is 0 Å². The molecule has 3 aromatic rings. The first-order valence-electron chi connectivity index (χ1n) is 6.09. The Bertz CT molecular complexity index is 750. The molecule has 0 aliphatic carbocycles. The second-order valence-corrected chi connectivity index (χ2v) is 5.03. The molecule has 0 amide bonds. The maximum absolute atomic E-state index is 5.25. The Morgan fingerprint density at radius 1 is 0.950 bits per heavy atom. The van der Waals surface area contributed by atoms with Gasteiger partial charge in [0.25, 0.3) is 0 Å². The topological polar surface area (TPSA) is 36.3 Å². The first-order chi connectivity index (χ1) is 9.72. The van der Waals surface area contributed by atoms with Gasteiger partial charge in [-0.2, -0.15) is 5.10 Å². The van der Waals surface area contributed by atoms with Gasteiger partial charge in [0.05, 0.1) is 25.4 Å². The van der Waals surface area contributed by atoms with E-state index in [4.69, 9.17) is 9.47 Å². The van der Waals surface area contributed by atoms with Crippen LogP contribution in [0.5, 0.6) is 11.5 Å². The third kappa shape index (κ3) is 2.14. The van der Waals surface area contributed by atoms with Crippen molar-refractivity contribution in [3.63, 3.8) is 0 Å². The molecule has 1 aromatic heterocycles. The molecule has 0 aliphatic heterocycles. The Kier molecular flexibility index (Phi) is 3.36. The Hall–Kier alpha value is -2.01. The number of hydrogen-bond donors (Lipinski definition) is 0. The first-order valence-corrected chi connectivity index (χ1v) is 6.89. The van der Waals surface area contributed by atoms with E-state index >= 15 is 0 Å². The zero-order valence-corrected chi connectivity index (χ0v) is 12.7. The van der Waals surface area contributed by atoms with E-state index in [1.165, 1.54) is 0 Å². The van der Waals surface area contributed by atoms with Gasteiger partial charge in [-0.3, -0.25) is 0 Å². The van der Waals surface area contributed by atoms with Gasteiger partial charge in [0.2, 0.25) is 0 Å². The van der Waals surface area contributed by atoms with Crippen LogP contribution >= 0.6 is 15.9 Å². The molecule has 0 radical (unpaired) electrons. The predicted molar refractivity (Wildman–Crippen MR) is 81.9 cm³/mol. The quantitative estimate of drug-likeness (QED) is 0.731. The predicted octanol–water partition coefficient (Wildman–Crippen LogP) is 3.81. The van der Waals surface area contributed by atoms with Crippen molar-refractivity contribution in [2.24, 2.45) is 0 Å². The van der Waals surface area contributed by atoms with E-state index in [-0.39, 0.29) is 0 Å². The highest BCUT2D eigenvalue weighted by molar-refractivity contribution is 9.10. The average Bonchev–Trinajstić information content (AvgIpc) is 2.84. The van der Waals surface area contributed by atoms with E-state index in [9.17, 15) is 0 Å². The van der Waals surface area contributed by atoms with E-state index in [1.54, 1.807) is 14.2 Å². The molecular weight excluding hydrogens is 320 g/mol. The minimum Gasteiger partial charge on any atom is -0.497 e. The lowest BCUT2D eigenvalue weighted by molar-refractivity contribution is 0.414. The summed E-state index contributed by atoms with van der Waals surface area (Å²) in [6.45, 7) is 0. The fourth-order valence-electron chi connectivity index (χ4n) is 2.05. The van der Waals surface area contributed by atoms with Crippen molar-refractivity contribution in [1.29, 1.82) is 0 Å². The fraction of sp³-hybridized carbons (Fsp3) is 0.133. The molecule has 0 saturated heterocycles. The number of rotatable bonds is 3. The Morgan fingerprint density at radius 2 is 1.60 bits per heavy atom. The van der Waals surface area contributed by atoms with Gasteiger partial charge in [-0.15, -0.1) is 0 Å². The maximum Gasteiger partial charge on any atom is 0.119 e. The Labute approximate surface area is 125 Å². The van der Waals surface area contributed by atoms with Crippen LogP contribution in [0.1, 0.15) is 0 Å². The van der Waals surface area contributed by atoms with E-state index in [2.05, 4.69) is 21.0 Å². The van der Waals surface area contributed by atoms with Crippen LogP contribution in [0, 0.1) is 0 Å². The normalized spacial score (nSPS) is 10.8. The highest BCUT2D eigenvalue weighted by Crippen LogP contribution is 2.30. The van der Waals surface area contributed by atoms with Crippen molar-refractivity contribution in [2.75, 3.05) is 14.2 Å². The van der Waals surface area contributed by atoms with Gasteiger partial charge in [-0.1, -0.05) is 0 Å². The van der Waals surface area contributed by atoms with Gasteiger partial charge >= 0.3 is 0 Å². The molecule has 5 heteroatoms. The molecule has 2 aromatic carbocycles. The number of hydrogen-bond acceptors (Lipinski definition) is 3. The molecule has 3 rings (SSSR count). The molecule has 0 saturated carbocycles. The molecule has 4 nitrogen and oxygen atoms in total. The second kappa shape index (κ2) is 5.17. The van der Waals surface area contributed by atoms with Crippen LogP contribution < -0.4 is 9.47 Å². The molecule has 102 valence electrons. The van der Waals surface area contributed by atoms with Crippen molar-refractivity contribution in [3.05, 3.63) is 47.1 Å². The molecule has 0 bridgehead atoms. The fourth-order valence-corrected chi connectivity index (χ4v) is 2.66. The summed E-state index contributed by atoms with van der Waals surface area (Å²) < 4.78 is 13.2. The molecule has 0 aliphatic rings. The monoisotopic (exact) mass is 332 g/mol. The minimum atomic E-state index is 0.812. The van der Waals surface area contributed by atoms with Gasteiger partial charge in [-0.25, -0.2) is 4.68 Å². The summed E-state index contributed by atoms with van der Waals surface area (Å²) in [5.74, 6) is 1.63. The van der Waals surface area contributed by atoms with Gasteiger partial charge in [0, 0.05) is 5.39 Å². The molecular formula is C15H13BrN2O2. The number of nitrogens with zero attached hydrogens (tertiary/aromatic N) is 2. The van der Waals surface area contributed by atoms with Crippen LogP contribution in [-0.2, 0) is 0 Å². The van der Waals surface area contributed by atoms with Crippen molar-refractivity contribution < 1.29 is 9.47 Å². The van der Waals surface area contributed by atoms with Crippen LogP contribution in [0.2, 0.25) is 0 Å². The molecule has 0 atom stereocenters. The van der Waals surface area contributed by atoms with E-state index in [0.29, 0.717) is 0 Å². The van der Waals surface area contributed by atoms with Crippen LogP contribution in [0.4, 0.5) is 0 Å². The molecule has 1 heterocycles. The summed E-state index contributed by atoms with van der Waals surface area (Å²) in [5.41, 5.74) is 1.88. The van der Waals surface area contributed by atoms with Gasteiger partial charge in [0.15, 0.2) is 0 Å². The number of aromatic nitrogens is 2. The lowest BCUT2D eigenvalue weighted by Crippen LogP contribution is -1.96. The summed E-state index contributed by atoms with van der Waals surface area (Å²) in [6, 6.07) is 13.6. The summed E-state index contributed by atoms with van der Waals surface area (Å²) in [4.78, 5) is 0. The van der Waals surface area contributed by atoms with Crippen LogP contribution in [0.15, 0.2) is 47.1 Å². The van der Waals surface area contributed by atoms with E-state index in [1.807, 2.05) is 47.1 Å². The lowest BCUT2D eigenvalue weighted by Gasteiger charge is -2.04. The summed E-state index contributed by atoms with van der Waals surface area (Å²) in [5, 5.41) is 5.60. The lowest BCUT2D eigenvalue weighted by atomic mass is 10.2. The van der Waals surface area contributed by atoms with Crippen molar-refractivity contribution in [2.45, 2.75) is 0 Å². The third-order valence-corrected chi connectivity index (χ3v) is 3.90. The van der Waals surface area contributed by atoms with Crippen LogP contribution in [0.3, 0.4) is 0 Å². The van der Waals surface area contributed by atoms with Gasteiger partial charge in [0.1, 0.15) is 16.1 Å². The molecule has 0 fully saturated rings. The summed E-state index contributed by atoms with van der Waals surface area (Å²) in [7, 11) is 3.31. The number of benzene rings is 2. The smallest absolute Gasteiger partial charge is 0.119 e. The summed E-state index contributed by atoms with van der Waals surface area (Å²) >= 11 is 3.60. The van der Waals surface area contributed by atoms with Crippen molar-refractivity contribution in [3.8, 4) is 17.2 Å². The number of halogens is 1. The van der Waals surface area contributed by atoms with Gasteiger partial charge in [-0.05, 0) is 58.4 Å². The number of methoxy groups -OCH3 is 2. The standard InChI is InChI=1S/C15H13BrN2O2/c1-19-11-5-3-10(4-6-11)18-15(16)13-9-12(20-2)7-8-14(13)17-18/h3-9H,1-2H3. The molecule has 0 unspecified atom stereocenters. The second-order valence-electron chi connectivity index (χ2n) is 4.28. The van der Waals surface area contributed by atoms with E-state index in [0.717, 1.165) is 32.7 Å². The number of ether oxygens (including phenoxy) is 2. The van der Waals surface area contributed by atoms with Crippen molar-refractivity contribution >= 4 is 26.8 Å². The zero-order chi connectivity index (χ0) is 14.1. The third-order valence-electron chi connectivity index (χ3n) is 3.14. The highest BCUT2D eigenvalue weighted by atomic mass is 79.9. The highest BCUT2D eigenvalue weighted by Gasteiger charge is 2.11. The molecule has 20 heavy (non-hydrogen) atoms. The van der Waals surface area contributed by atoms with Crippen LogP contribution in [0.25, 0.3) is 16.6 Å². The summed E-state index contributed by atoms with van der Waals surface area (Å²) in [6.07, 6.45) is 0.